The Kier molecular flexibility index (Phi) is 4.51. The normalized spacial score (nSPS) is 15.6. The van der Waals surface area contributed by atoms with Crippen molar-refractivity contribution in [3.05, 3.63) is 65.9 Å². The first-order chi connectivity index (χ1) is 15.4. The number of hydrogen-bond acceptors (Lipinski definition) is 6. The van der Waals surface area contributed by atoms with Gasteiger partial charge in [-0.25, -0.2) is 9.48 Å². The molecule has 2 aromatic carbocycles. The topological polar surface area (TPSA) is 94.0 Å². The quantitative estimate of drug-likeness (QED) is 0.469. The van der Waals surface area contributed by atoms with Gasteiger partial charge < -0.3 is 9.47 Å². The molecule has 0 unspecified atom stereocenters. The van der Waals surface area contributed by atoms with Crippen LogP contribution in [0.15, 0.2) is 60.3 Å². The van der Waals surface area contributed by atoms with Crippen molar-refractivity contribution in [2.75, 3.05) is 20.9 Å². The molecule has 4 amide bonds. The number of nitrogens with zero attached hydrogens (tertiary/aromatic N) is 4. The average Bonchev–Trinajstić information content (AvgIpc) is 3.46. The van der Waals surface area contributed by atoms with Crippen LogP contribution in [-0.4, -0.2) is 58.3 Å². The number of barbiturate groups is 1. The zero-order chi connectivity index (χ0) is 22.4. The van der Waals surface area contributed by atoms with E-state index in [-0.39, 0.29) is 12.4 Å². The molecule has 0 atom stereocenters. The zero-order valence-corrected chi connectivity index (χ0v) is 17.3. The van der Waals surface area contributed by atoms with Crippen LogP contribution in [-0.2, 0) is 9.59 Å². The molecule has 32 heavy (non-hydrogen) atoms. The van der Waals surface area contributed by atoms with Crippen LogP contribution in [0.25, 0.3) is 23.0 Å². The number of imide groups is 2. The van der Waals surface area contributed by atoms with E-state index in [0.29, 0.717) is 22.8 Å². The van der Waals surface area contributed by atoms with E-state index in [4.69, 9.17) is 14.6 Å². The summed E-state index contributed by atoms with van der Waals surface area (Å²) in [6.45, 7) is 0.143. The minimum absolute atomic E-state index is 0.121. The fraction of sp³-hybridized carbons (Fsp3) is 0.130. The summed E-state index contributed by atoms with van der Waals surface area (Å²) in [6, 6.07) is 14.2. The lowest BCUT2D eigenvalue weighted by Gasteiger charge is -2.28. The number of carbonyl (C=O) groups excluding carboxylic acids is 3. The molecule has 2 aliphatic heterocycles. The minimum atomic E-state index is -0.673. The number of amides is 4. The van der Waals surface area contributed by atoms with E-state index in [2.05, 4.69) is 0 Å². The summed E-state index contributed by atoms with van der Waals surface area (Å²) >= 11 is 0. The summed E-state index contributed by atoms with van der Waals surface area (Å²) in [7, 11) is 2.68. The van der Waals surface area contributed by atoms with E-state index < -0.39 is 17.8 Å². The predicted molar refractivity (Wildman–Crippen MR) is 114 cm³/mol. The number of benzene rings is 2. The second kappa shape index (κ2) is 7.38. The molecule has 0 radical (unpaired) electrons. The van der Waals surface area contributed by atoms with Gasteiger partial charge in [-0.2, -0.15) is 5.10 Å². The summed E-state index contributed by atoms with van der Waals surface area (Å²) in [4.78, 5) is 39.3. The van der Waals surface area contributed by atoms with E-state index in [0.717, 1.165) is 21.1 Å². The molecule has 1 fully saturated rings. The Morgan fingerprint density at radius 2 is 1.59 bits per heavy atom. The van der Waals surface area contributed by atoms with Crippen molar-refractivity contribution in [1.29, 1.82) is 0 Å². The van der Waals surface area contributed by atoms with E-state index in [1.807, 2.05) is 36.4 Å². The second-order valence-electron chi connectivity index (χ2n) is 7.35. The first-order valence-electron chi connectivity index (χ1n) is 9.81. The molecule has 3 heterocycles. The molecule has 5 rings (SSSR count). The summed E-state index contributed by atoms with van der Waals surface area (Å²) in [5.74, 6) is -0.106. The minimum Gasteiger partial charge on any atom is -0.454 e. The summed E-state index contributed by atoms with van der Waals surface area (Å²) in [5.41, 5.74) is 2.50. The smallest absolute Gasteiger partial charge is 0.333 e. The van der Waals surface area contributed by atoms with Gasteiger partial charge in [0.25, 0.3) is 11.8 Å². The first kappa shape index (κ1) is 19.6. The maximum atomic E-state index is 12.7. The van der Waals surface area contributed by atoms with Crippen molar-refractivity contribution >= 4 is 23.9 Å². The van der Waals surface area contributed by atoms with Gasteiger partial charge in [0.05, 0.1) is 5.69 Å². The Morgan fingerprint density at radius 1 is 0.906 bits per heavy atom. The number of ether oxygens (including phenoxy) is 2. The van der Waals surface area contributed by atoms with Crippen molar-refractivity contribution in [3.8, 4) is 28.4 Å². The number of aromatic nitrogens is 2. The Bertz CT molecular complexity index is 1270. The highest BCUT2D eigenvalue weighted by Crippen LogP contribution is 2.37. The van der Waals surface area contributed by atoms with Crippen molar-refractivity contribution in [2.45, 2.75) is 0 Å². The number of fused-ring (bicyclic) bond motifs is 1. The molecular formula is C23H18N4O5. The van der Waals surface area contributed by atoms with Gasteiger partial charge in [0.1, 0.15) is 11.3 Å². The molecule has 3 aromatic rings. The molecule has 1 saturated heterocycles. The lowest BCUT2D eigenvalue weighted by molar-refractivity contribution is -0.134. The number of hydrogen-bond donors (Lipinski definition) is 0. The van der Waals surface area contributed by atoms with Crippen molar-refractivity contribution in [2.24, 2.45) is 0 Å². The van der Waals surface area contributed by atoms with E-state index in [1.54, 1.807) is 23.0 Å². The van der Waals surface area contributed by atoms with E-state index in [1.165, 1.54) is 20.2 Å². The Morgan fingerprint density at radius 3 is 2.31 bits per heavy atom. The number of urea groups is 1. The standard InChI is InChI=1S/C23H18N4O5/c1-25-21(28)17(22(29)26(2)23(25)30)10-15-12-27(16-6-4-3-5-7-16)24-20(15)14-8-9-18-19(11-14)32-13-31-18/h3-12H,13H2,1-2H3. The van der Waals surface area contributed by atoms with Crippen LogP contribution in [0, 0.1) is 0 Å². The summed E-state index contributed by atoms with van der Waals surface area (Å²) in [5, 5.41) is 4.70. The monoisotopic (exact) mass is 430 g/mol. The lowest BCUT2D eigenvalue weighted by Crippen LogP contribution is -2.52. The van der Waals surface area contributed by atoms with E-state index in [9.17, 15) is 14.4 Å². The molecule has 0 spiro atoms. The third-order valence-electron chi connectivity index (χ3n) is 5.35. The summed E-state index contributed by atoms with van der Waals surface area (Å²) < 4.78 is 12.5. The van der Waals surface area contributed by atoms with Gasteiger partial charge in [-0.3, -0.25) is 19.4 Å². The maximum Gasteiger partial charge on any atom is 0.333 e. The first-order valence-corrected chi connectivity index (χ1v) is 9.81. The molecule has 0 aliphatic carbocycles. The van der Waals surface area contributed by atoms with Crippen LogP contribution in [0.1, 0.15) is 5.56 Å². The molecule has 1 aromatic heterocycles. The Balaban J connectivity index is 1.66. The van der Waals surface area contributed by atoms with Crippen LogP contribution in [0.3, 0.4) is 0 Å². The van der Waals surface area contributed by atoms with Gasteiger partial charge in [-0.05, 0) is 36.4 Å². The highest BCUT2D eigenvalue weighted by atomic mass is 16.7. The fourth-order valence-electron chi connectivity index (χ4n) is 3.60. The number of para-hydroxylation sites is 1. The van der Waals surface area contributed by atoms with Crippen molar-refractivity contribution in [1.82, 2.24) is 19.6 Å². The molecule has 2 aliphatic rings. The Labute approximate surface area is 183 Å². The van der Waals surface area contributed by atoms with Crippen LogP contribution in [0.2, 0.25) is 0 Å². The van der Waals surface area contributed by atoms with Crippen LogP contribution < -0.4 is 9.47 Å². The third kappa shape index (κ3) is 3.11. The molecule has 160 valence electrons. The molecule has 9 nitrogen and oxygen atoms in total. The molecular weight excluding hydrogens is 412 g/mol. The van der Waals surface area contributed by atoms with Crippen LogP contribution in [0.5, 0.6) is 11.5 Å². The highest BCUT2D eigenvalue weighted by Gasteiger charge is 2.38. The van der Waals surface area contributed by atoms with Crippen LogP contribution in [0.4, 0.5) is 4.79 Å². The van der Waals surface area contributed by atoms with Gasteiger partial charge >= 0.3 is 6.03 Å². The maximum absolute atomic E-state index is 12.7. The number of carbonyl (C=O) groups is 3. The molecule has 9 heteroatoms. The summed E-state index contributed by atoms with van der Waals surface area (Å²) in [6.07, 6.45) is 3.20. The third-order valence-corrected chi connectivity index (χ3v) is 5.35. The van der Waals surface area contributed by atoms with Crippen molar-refractivity contribution in [3.63, 3.8) is 0 Å². The Hall–Kier alpha value is -4.40. The fourth-order valence-corrected chi connectivity index (χ4v) is 3.60. The van der Waals surface area contributed by atoms with Crippen molar-refractivity contribution < 1.29 is 23.9 Å². The zero-order valence-electron chi connectivity index (χ0n) is 17.3. The largest absolute Gasteiger partial charge is 0.454 e. The number of rotatable bonds is 3. The SMILES string of the molecule is CN1C(=O)C(=Cc2cn(-c3ccccc3)nc2-c2ccc3c(c2)OCO3)C(=O)N(C)C1=O. The molecule has 0 bridgehead atoms. The van der Waals surface area contributed by atoms with Gasteiger partial charge in [-0.1, -0.05) is 18.2 Å². The predicted octanol–water partition coefficient (Wildman–Crippen LogP) is 2.70. The average molecular weight is 430 g/mol. The van der Waals surface area contributed by atoms with Crippen LogP contribution >= 0.6 is 0 Å². The van der Waals surface area contributed by atoms with Gasteiger partial charge in [0.2, 0.25) is 6.79 Å². The lowest BCUT2D eigenvalue weighted by atomic mass is 10.0. The molecule has 0 N–H and O–H groups in total. The van der Waals surface area contributed by atoms with Gasteiger partial charge in [0.15, 0.2) is 11.5 Å². The van der Waals surface area contributed by atoms with E-state index >= 15 is 0 Å². The number of likely N-dealkylation sites (N-methyl/N-ethyl adjacent to an activating group) is 2. The second-order valence-corrected chi connectivity index (χ2v) is 7.35. The highest BCUT2D eigenvalue weighted by molar-refractivity contribution is 6.30. The van der Waals surface area contributed by atoms with Gasteiger partial charge in [0, 0.05) is 31.4 Å². The van der Waals surface area contributed by atoms with Gasteiger partial charge in [-0.15, -0.1) is 0 Å². The molecule has 0 saturated carbocycles.